The number of carbonyl (C=O) groups excluding carboxylic acids is 1. The van der Waals surface area contributed by atoms with Gasteiger partial charge in [-0.2, -0.15) is 0 Å². The smallest absolute Gasteiger partial charge is 0.251 e. The van der Waals surface area contributed by atoms with Crippen LogP contribution in [0.15, 0.2) is 54.6 Å². The Kier molecular flexibility index (Phi) is 6.29. The van der Waals surface area contributed by atoms with Crippen LogP contribution in [0, 0.1) is 0 Å². The molecule has 1 N–H and O–H groups in total. The zero-order valence-electron chi connectivity index (χ0n) is 15.8. The Morgan fingerprint density at radius 2 is 1.85 bits per heavy atom. The number of likely N-dealkylation sites (tertiary alicyclic amines) is 1. The highest BCUT2D eigenvalue weighted by atomic mass is 16.1. The van der Waals surface area contributed by atoms with E-state index in [1.165, 1.54) is 5.56 Å². The Morgan fingerprint density at radius 1 is 1.12 bits per heavy atom. The maximum Gasteiger partial charge on any atom is 0.251 e. The Labute approximate surface area is 156 Å². The van der Waals surface area contributed by atoms with Crippen molar-refractivity contribution in [1.29, 1.82) is 0 Å². The van der Waals surface area contributed by atoms with Crippen molar-refractivity contribution in [2.45, 2.75) is 25.3 Å². The van der Waals surface area contributed by atoms with Gasteiger partial charge < -0.3 is 15.1 Å². The minimum absolute atomic E-state index is 0.0326. The lowest BCUT2D eigenvalue weighted by atomic mass is 10.0. The topological polar surface area (TPSA) is 35.6 Å². The maximum absolute atomic E-state index is 12.5. The van der Waals surface area contributed by atoms with E-state index in [1.54, 1.807) is 0 Å². The molecule has 0 bridgehead atoms. The molecule has 1 heterocycles. The molecular weight excluding hydrogens is 322 g/mol. The van der Waals surface area contributed by atoms with Gasteiger partial charge in [-0.15, -0.1) is 0 Å². The van der Waals surface area contributed by atoms with Crippen LogP contribution in [0.1, 0.15) is 28.8 Å². The van der Waals surface area contributed by atoms with Crippen LogP contribution in [0.2, 0.25) is 0 Å². The molecule has 1 saturated heterocycles. The van der Waals surface area contributed by atoms with Gasteiger partial charge in [0.25, 0.3) is 5.91 Å². The lowest BCUT2D eigenvalue weighted by Crippen LogP contribution is -2.48. The van der Waals surface area contributed by atoms with E-state index in [-0.39, 0.29) is 11.9 Å². The van der Waals surface area contributed by atoms with Gasteiger partial charge >= 0.3 is 0 Å². The maximum atomic E-state index is 12.5. The second kappa shape index (κ2) is 8.86. The second-order valence-electron chi connectivity index (χ2n) is 7.29. The van der Waals surface area contributed by atoms with Crippen molar-refractivity contribution in [3.63, 3.8) is 0 Å². The summed E-state index contributed by atoms with van der Waals surface area (Å²) in [6.07, 6.45) is 3.26. The van der Waals surface area contributed by atoms with E-state index < -0.39 is 0 Å². The molecule has 1 aliphatic heterocycles. The summed E-state index contributed by atoms with van der Waals surface area (Å²) in [4.78, 5) is 17.0. The van der Waals surface area contributed by atoms with Gasteiger partial charge in [-0.05, 0) is 55.6 Å². The molecule has 1 atom stereocenters. The van der Waals surface area contributed by atoms with Gasteiger partial charge in [-0.1, -0.05) is 30.3 Å². The zero-order chi connectivity index (χ0) is 18.4. The van der Waals surface area contributed by atoms with Crippen molar-refractivity contribution < 1.29 is 4.79 Å². The van der Waals surface area contributed by atoms with Gasteiger partial charge in [0.15, 0.2) is 0 Å². The summed E-state index contributed by atoms with van der Waals surface area (Å²) in [5.41, 5.74) is 3.21. The van der Waals surface area contributed by atoms with Crippen LogP contribution in [0.3, 0.4) is 0 Å². The van der Waals surface area contributed by atoms with Crippen LogP contribution < -0.4 is 10.2 Å². The Hall–Kier alpha value is -2.33. The van der Waals surface area contributed by atoms with Crippen molar-refractivity contribution in [3.8, 4) is 0 Å². The third kappa shape index (κ3) is 5.09. The zero-order valence-corrected chi connectivity index (χ0v) is 15.8. The summed E-state index contributed by atoms with van der Waals surface area (Å²) in [7, 11) is 4.00. The molecular formula is C22H29N3O. The van der Waals surface area contributed by atoms with Crippen LogP contribution >= 0.6 is 0 Å². The predicted octanol–water partition coefficient (Wildman–Crippen LogP) is 3.19. The molecule has 2 aromatic rings. The number of anilines is 1. The van der Waals surface area contributed by atoms with Gasteiger partial charge in [0.05, 0.1) is 0 Å². The Morgan fingerprint density at radius 3 is 2.54 bits per heavy atom. The molecule has 3 rings (SSSR count). The highest BCUT2D eigenvalue weighted by Gasteiger charge is 2.21. The molecule has 138 valence electrons. The van der Waals surface area contributed by atoms with Crippen LogP contribution in [-0.4, -0.2) is 50.6 Å². The summed E-state index contributed by atoms with van der Waals surface area (Å²) in [5.74, 6) is 0.0326. The summed E-state index contributed by atoms with van der Waals surface area (Å²) in [6, 6.07) is 18.6. The monoisotopic (exact) mass is 351 g/mol. The number of amides is 1. The number of benzene rings is 2. The van der Waals surface area contributed by atoms with Crippen molar-refractivity contribution >= 4 is 11.6 Å². The fourth-order valence-electron chi connectivity index (χ4n) is 3.49. The molecule has 26 heavy (non-hydrogen) atoms. The van der Waals surface area contributed by atoms with Gasteiger partial charge in [-0.3, -0.25) is 4.79 Å². The molecule has 0 radical (unpaired) electrons. The highest BCUT2D eigenvalue weighted by molar-refractivity contribution is 5.94. The average Bonchev–Trinajstić information content (AvgIpc) is 2.67. The highest BCUT2D eigenvalue weighted by Crippen LogP contribution is 2.15. The van der Waals surface area contributed by atoms with Crippen LogP contribution in [0.4, 0.5) is 5.69 Å². The molecule has 4 nitrogen and oxygen atoms in total. The average molecular weight is 351 g/mol. The molecule has 4 heteroatoms. The van der Waals surface area contributed by atoms with Crippen LogP contribution in [0.25, 0.3) is 0 Å². The van der Waals surface area contributed by atoms with Crippen LogP contribution in [0.5, 0.6) is 0 Å². The lowest BCUT2D eigenvalue weighted by Gasteiger charge is -2.33. The fraction of sp³-hybridized carbons (Fsp3) is 0.409. The van der Waals surface area contributed by atoms with E-state index in [0.717, 1.165) is 50.1 Å². The number of rotatable bonds is 6. The predicted molar refractivity (Wildman–Crippen MR) is 108 cm³/mol. The molecule has 0 aliphatic carbocycles. The van der Waals surface area contributed by atoms with Gasteiger partial charge in [0.2, 0.25) is 0 Å². The summed E-state index contributed by atoms with van der Waals surface area (Å²) >= 11 is 0. The number of nitrogens with zero attached hydrogens (tertiary/aromatic N) is 2. The third-order valence-corrected chi connectivity index (χ3v) is 5.05. The van der Waals surface area contributed by atoms with E-state index in [2.05, 4.69) is 40.5 Å². The number of piperidine rings is 1. The molecule has 1 unspecified atom stereocenters. The first kappa shape index (κ1) is 18.5. The van der Waals surface area contributed by atoms with Gasteiger partial charge in [-0.25, -0.2) is 0 Å². The molecule has 0 saturated carbocycles. The van der Waals surface area contributed by atoms with Gasteiger partial charge in [0.1, 0.15) is 0 Å². The number of nitrogens with one attached hydrogen (secondary N) is 1. The first-order valence-corrected chi connectivity index (χ1v) is 9.46. The standard InChI is InChI=1S/C22H29N3O/c1-24(2)21-12-10-19(11-13-21)22(26)23-20-9-6-15-25(17-20)16-14-18-7-4-3-5-8-18/h3-5,7-8,10-13,20H,6,9,14-17H2,1-2H3,(H,23,26). The summed E-state index contributed by atoms with van der Waals surface area (Å²) in [6.45, 7) is 3.11. The molecule has 0 aromatic heterocycles. The Balaban J connectivity index is 1.50. The largest absolute Gasteiger partial charge is 0.378 e. The quantitative estimate of drug-likeness (QED) is 0.868. The SMILES string of the molecule is CN(C)c1ccc(C(=O)NC2CCCN(CCc3ccccc3)C2)cc1. The molecule has 0 spiro atoms. The van der Waals surface area contributed by atoms with E-state index in [1.807, 2.05) is 43.3 Å². The van der Waals surface area contributed by atoms with E-state index in [0.29, 0.717) is 0 Å². The molecule has 2 aromatic carbocycles. The van der Waals surface area contributed by atoms with E-state index >= 15 is 0 Å². The van der Waals surface area contributed by atoms with E-state index in [4.69, 9.17) is 0 Å². The minimum Gasteiger partial charge on any atom is -0.378 e. The van der Waals surface area contributed by atoms with E-state index in [9.17, 15) is 4.79 Å². The van der Waals surface area contributed by atoms with Crippen molar-refractivity contribution in [2.75, 3.05) is 38.6 Å². The van der Waals surface area contributed by atoms with Crippen molar-refractivity contribution in [3.05, 3.63) is 65.7 Å². The first-order valence-electron chi connectivity index (χ1n) is 9.46. The van der Waals surface area contributed by atoms with Gasteiger partial charge in [0, 0.05) is 44.5 Å². The first-order chi connectivity index (χ1) is 12.6. The normalized spacial score (nSPS) is 17.7. The van der Waals surface area contributed by atoms with Crippen LogP contribution in [-0.2, 0) is 6.42 Å². The third-order valence-electron chi connectivity index (χ3n) is 5.05. The summed E-state index contributed by atoms with van der Waals surface area (Å²) in [5, 5.41) is 3.22. The molecule has 1 aliphatic rings. The van der Waals surface area contributed by atoms with Crippen molar-refractivity contribution in [2.24, 2.45) is 0 Å². The number of carbonyl (C=O) groups is 1. The minimum atomic E-state index is 0.0326. The number of hydrogen-bond acceptors (Lipinski definition) is 3. The number of hydrogen-bond donors (Lipinski definition) is 1. The Bertz CT molecular complexity index is 697. The summed E-state index contributed by atoms with van der Waals surface area (Å²) < 4.78 is 0. The van der Waals surface area contributed by atoms with Crippen molar-refractivity contribution in [1.82, 2.24) is 10.2 Å². The molecule has 1 amide bonds. The lowest BCUT2D eigenvalue weighted by molar-refractivity contribution is 0.0904. The fourth-order valence-corrected chi connectivity index (χ4v) is 3.49. The second-order valence-corrected chi connectivity index (χ2v) is 7.29. The molecule has 1 fully saturated rings.